The molecule has 0 radical (unpaired) electrons. The van der Waals surface area contributed by atoms with Gasteiger partial charge in [0.25, 0.3) is 0 Å². The molecule has 168 valence electrons. The van der Waals surface area contributed by atoms with Crippen LogP contribution in [0.2, 0.25) is 0 Å². The molecular weight excluding hydrogens is 400 g/mol. The summed E-state index contributed by atoms with van der Waals surface area (Å²) in [5, 5.41) is 14.4. The number of piperidine rings is 1. The molecule has 3 fully saturated rings. The van der Waals surface area contributed by atoms with Crippen molar-refractivity contribution in [1.29, 1.82) is 0 Å². The van der Waals surface area contributed by atoms with Crippen molar-refractivity contribution in [2.24, 2.45) is 0 Å². The summed E-state index contributed by atoms with van der Waals surface area (Å²) in [7, 11) is 0. The maximum Gasteiger partial charge on any atom is 0.239 e. The van der Waals surface area contributed by atoms with Crippen molar-refractivity contribution in [3.8, 4) is 0 Å². The lowest BCUT2D eigenvalue weighted by Gasteiger charge is -2.51. The van der Waals surface area contributed by atoms with Crippen molar-refractivity contribution in [2.45, 2.75) is 62.3 Å². The molecule has 3 saturated heterocycles. The molecule has 0 saturated carbocycles. The van der Waals surface area contributed by atoms with Crippen LogP contribution in [0.25, 0.3) is 11.2 Å². The number of rotatable bonds is 2. The van der Waals surface area contributed by atoms with Gasteiger partial charge < -0.3 is 36.1 Å². The smallest absolute Gasteiger partial charge is 0.239 e. The molecule has 6 N–H and O–H groups in total. The summed E-state index contributed by atoms with van der Waals surface area (Å²) >= 11 is 0. The third-order valence-electron chi connectivity index (χ3n) is 7.10. The molecule has 0 bridgehead atoms. The molecule has 0 unspecified atom stereocenters. The van der Waals surface area contributed by atoms with E-state index in [1.165, 1.54) is 0 Å². The average Bonchev–Trinajstić information content (AvgIpc) is 3.41. The lowest BCUT2D eigenvalue weighted by atomic mass is 9.77. The van der Waals surface area contributed by atoms with Crippen LogP contribution in [0.15, 0.2) is 6.33 Å². The van der Waals surface area contributed by atoms with Gasteiger partial charge in [0.1, 0.15) is 11.1 Å². The highest BCUT2D eigenvalue weighted by Gasteiger charge is 2.50. The number of nitrogens with one attached hydrogen (secondary N) is 1. The summed E-state index contributed by atoms with van der Waals surface area (Å²) in [6.45, 7) is 4.16. The van der Waals surface area contributed by atoms with Gasteiger partial charge in [0.05, 0.1) is 30.6 Å². The highest BCUT2D eigenvalue weighted by Crippen LogP contribution is 2.44. The first-order valence-corrected chi connectivity index (χ1v) is 10.9. The van der Waals surface area contributed by atoms with Gasteiger partial charge in [0.2, 0.25) is 11.9 Å². The predicted octanol–water partition coefficient (Wildman–Crippen LogP) is -0.184. The van der Waals surface area contributed by atoms with Crippen molar-refractivity contribution < 1.29 is 14.6 Å². The van der Waals surface area contributed by atoms with Crippen LogP contribution < -0.4 is 16.8 Å². The number of nitrogens with two attached hydrogens (primary N) is 2. The number of likely N-dealkylation sites (tertiary alicyclic amines) is 1. The van der Waals surface area contributed by atoms with E-state index in [9.17, 15) is 9.90 Å². The number of ether oxygens (including phenoxy) is 1. The number of fused-ring (bicyclic) bond motifs is 1. The number of carbonyl (C=O) groups is 1. The third-order valence-corrected chi connectivity index (χ3v) is 7.10. The van der Waals surface area contributed by atoms with Crippen LogP contribution >= 0.6 is 0 Å². The third kappa shape index (κ3) is 3.50. The fourth-order valence-corrected chi connectivity index (χ4v) is 5.21. The minimum Gasteiger partial charge on any atom is -0.386 e. The second-order valence-corrected chi connectivity index (χ2v) is 9.31. The molecule has 11 nitrogen and oxygen atoms in total. The first kappa shape index (κ1) is 20.4. The van der Waals surface area contributed by atoms with E-state index in [0.717, 1.165) is 32.2 Å². The molecule has 0 aliphatic carbocycles. The zero-order chi connectivity index (χ0) is 21.8. The summed E-state index contributed by atoms with van der Waals surface area (Å²) in [5.41, 5.74) is 11.2. The number of aliphatic hydroxyl groups is 1. The van der Waals surface area contributed by atoms with Gasteiger partial charge in [-0.15, -0.1) is 0 Å². The quantitative estimate of drug-likeness (QED) is 0.507. The molecule has 0 aromatic carbocycles. The maximum absolute atomic E-state index is 12.8. The number of anilines is 2. The van der Waals surface area contributed by atoms with E-state index in [2.05, 4.69) is 20.3 Å². The molecule has 3 aliphatic heterocycles. The normalized spacial score (nSPS) is 30.8. The van der Waals surface area contributed by atoms with Crippen LogP contribution in [-0.4, -0.2) is 78.9 Å². The van der Waals surface area contributed by atoms with Crippen LogP contribution in [0.4, 0.5) is 11.8 Å². The molecule has 11 heteroatoms. The van der Waals surface area contributed by atoms with Crippen LogP contribution in [-0.2, 0) is 9.53 Å². The lowest BCUT2D eigenvalue weighted by Crippen LogP contribution is -2.58. The fourth-order valence-electron chi connectivity index (χ4n) is 5.21. The second-order valence-electron chi connectivity index (χ2n) is 9.31. The highest BCUT2D eigenvalue weighted by atomic mass is 16.5. The molecule has 3 aliphatic rings. The average molecular weight is 431 g/mol. The van der Waals surface area contributed by atoms with Gasteiger partial charge >= 0.3 is 0 Å². The van der Waals surface area contributed by atoms with Gasteiger partial charge in [-0.2, -0.15) is 9.97 Å². The summed E-state index contributed by atoms with van der Waals surface area (Å²) in [4.78, 5) is 27.4. The zero-order valence-electron chi connectivity index (χ0n) is 17.8. The molecule has 31 heavy (non-hydrogen) atoms. The standard InChI is InChI=1S/C20H30N8O3/c1-19(30)10-31-20(4-7-27(8-5-20)17(29)12-3-2-6-23-12)9-13(19)28-11-24-14-15(21)25-18(22)26-16(14)28/h11-13,23,30H,2-10H2,1H3,(H4,21,22,25,26)/t12-,13-,19-/m0/s1. The number of amides is 1. The van der Waals surface area contributed by atoms with Gasteiger partial charge in [0.15, 0.2) is 11.5 Å². The largest absolute Gasteiger partial charge is 0.386 e. The van der Waals surface area contributed by atoms with Gasteiger partial charge in [-0.1, -0.05) is 0 Å². The highest BCUT2D eigenvalue weighted by molar-refractivity contribution is 5.83. The number of imidazole rings is 1. The van der Waals surface area contributed by atoms with Crippen molar-refractivity contribution in [3.63, 3.8) is 0 Å². The number of hydrogen-bond acceptors (Lipinski definition) is 9. The van der Waals surface area contributed by atoms with E-state index in [4.69, 9.17) is 16.2 Å². The molecule has 1 amide bonds. The minimum atomic E-state index is -1.12. The Labute approximate surface area is 180 Å². The Morgan fingerprint density at radius 2 is 2.10 bits per heavy atom. The summed E-state index contributed by atoms with van der Waals surface area (Å²) < 4.78 is 8.08. The number of nitrogens with zero attached hydrogens (tertiary/aromatic N) is 5. The second kappa shape index (κ2) is 7.28. The number of hydrogen-bond donors (Lipinski definition) is 4. The van der Waals surface area contributed by atoms with Crippen molar-refractivity contribution >= 4 is 28.8 Å². The van der Waals surface area contributed by atoms with Gasteiger partial charge in [-0.3, -0.25) is 4.79 Å². The predicted molar refractivity (Wildman–Crippen MR) is 114 cm³/mol. The van der Waals surface area contributed by atoms with Crippen LogP contribution in [0, 0.1) is 0 Å². The summed E-state index contributed by atoms with van der Waals surface area (Å²) in [6.07, 6.45) is 5.62. The minimum absolute atomic E-state index is 0.0530. The molecule has 5 rings (SSSR count). The summed E-state index contributed by atoms with van der Waals surface area (Å²) in [5.74, 6) is 0.477. The molecule has 2 aromatic heterocycles. The summed E-state index contributed by atoms with van der Waals surface area (Å²) in [6, 6.07) is -0.374. The lowest BCUT2D eigenvalue weighted by molar-refractivity contribution is -0.201. The Morgan fingerprint density at radius 3 is 2.81 bits per heavy atom. The van der Waals surface area contributed by atoms with Crippen molar-refractivity contribution in [3.05, 3.63) is 6.33 Å². The van der Waals surface area contributed by atoms with Gasteiger partial charge in [-0.25, -0.2) is 4.98 Å². The van der Waals surface area contributed by atoms with E-state index < -0.39 is 11.2 Å². The van der Waals surface area contributed by atoms with E-state index in [1.54, 1.807) is 13.3 Å². The van der Waals surface area contributed by atoms with Crippen molar-refractivity contribution in [2.75, 3.05) is 37.7 Å². The SMILES string of the molecule is C[C@]1(O)COC2(CCN(C(=O)[C@@H]3CCCN3)CC2)C[C@@H]1n1cnc2c(N)nc(N)nc21. The Kier molecular flexibility index (Phi) is 4.79. The number of nitrogen functional groups attached to an aromatic ring is 2. The number of aromatic nitrogens is 4. The van der Waals surface area contributed by atoms with E-state index in [0.29, 0.717) is 30.7 Å². The first-order valence-electron chi connectivity index (χ1n) is 10.9. The number of carbonyl (C=O) groups excluding carboxylic acids is 1. The van der Waals surface area contributed by atoms with Crippen LogP contribution in [0.5, 0.6) is 0 Å². The Bertz CT molecular complexity index is 992. The van der Waals surface area contributed by atoms with Crippen LogP contribution in [0.3, 0.4) is 0 Å². The molecule has 1 spiro atoms. The molecular formula is C20H30N8O3. The van der Waals surface area contributed by atoms with Crippen LogP contribution in [0.1, 0.15) is 45.1 Å². The van der Waals surface area contributed by atoms with Crippen molar-refractivity contribution in [1.82, 2.24) is 29.7 Å². The Morgan fingerprint density at radius 1 is 1.32 bits per heavy atom. The Hall–Kier alpha value is -2.50. The first-order chi connectivity index (χ1) is 14.8. The maximum atomic E-state index is 12.8. The Balaban J connectivity index is 1.37. The van der Waals surface area contributed by atoms with E-state index >= 15 is 0 Å². The molecule has 5 heterocycles. The zero-order valence-corrected chi connectivity index (χ0v) is 17.8. The molecule has 3 atom stereocenters. The van der Waals surface area contributed by atoms with E-state index in [1.807, 2.05) is 9.47 Å². The molecule has 2 aromatic rings. The van der Waals surface area contributed by atoms with Gasteiger partial charge in [-0.05, 0) is 39.2 Å². The topological polar surface area (TPSA) is 157 Å². The fraction of sp³-hybridized carbons (Fsp3) is 0.700. The monoisotopic (exact) mass is 430 g/mol. The van der Waals surface area contributed by atoms with E-state index in [-0.39, 0.29) is 36.4 Å². The van der Waals surface area contributed by atoms with Gasteiger partial charge in [0, 0.05) is 19.5 Å².